The highest BCUT2D eigenvalue weighted by molar-refractivity contribution is 4.70. The molecule has 0 saturated carbocycles. The van der Waals surface area contributed by atoms with Gasteiger partial charge in [-0.2, -0.15) is 0 Å². The molecule has 0 saturated heterocycles. The van der Waals surface area contributed by atoms with Gasteiger partial charge in [0.1, 0.15) is 0 Å². The lowest BCUT2D eigenvalue weighted by Crippen LogP contribution is -2.16. The zero-order valence-corrected chi connectivity index (χ0v) is 9.07. The molecule has 0 rings (SSSR count). The summed E-state index contributed by atoms with van der Waals surface area (Å²) in [6.07, 6.45) is 2.69. The summed E-state index contributed by atoms with van der Waals surface area (Å²) >= 11 is 0. The molecule has 0 aliphatic rings. The summed E-state index contributed by atoms with van der Waals surface area (Å²) < 4.78 is 0. The highest BCUT2D eigenvalue weighted by atomic mass is 14.2. The fraction of sp³-hybridized carbons (Fsp3) is 1.00. The van der Waals surface area contributed by atoms with Crippen LogP contribution >= 0.6 is 0 Å². The van der Waals surface area contributed by atoms with Gasteiger partial charge < -0.3 is 0 Å². The Bertz CT molecular complexity index is 95.1. The van der Waals surface area contributed by atoms with Crippen LogP contribution in [0.3, 0.4) is 0 Å². The van der Waals surface area contributed by atoms with Crippen molar-refractivity contribution in [2.75, 3.05) is 0 Å². The molecule has 0 nitrogen and oxygen atoms in total. The number of hydrogen-bond donors (Lipinski definition) is 0. The Hall–Kier alpha value is 0. The SMILES string of the molecule is CCC(CC(C)(C)C)C(C)C. The van der Waals surface area contributed by atoms with Crippen molar-refractivity contribution in [1.29, 1.82) is 0 Å². The molecule has 0 spiro atoms. The second-order valence-corrected chi connectivity index (χ2v) is 5.18. The average Bonchev–Trinajstić information content (AvgIpc) is 1.80. The van der Waals surface area contributed by atoms with E-state index < -0.39 is 0 Å². The quantitative estimate of drug-likeness (QED) is 0.577. The van der Waals surface area contributed by atoms with Gasteiger partial charge in [0, 0.05) is 0 Å². The summed E-state index contributed by atoms with van der Waals surface area (Å²) in [6, 6.07) is 0. The Morgan fingerprint density at radius 3 is 1.64 bits per heavy atom. The van der Waals surface area contributed by atoms with Crippen LogP contribution in [0.5, 0.6) is 0 Å². The highest BCUT2D eigenvalue weighted by Crippen LogP contribution is 2.30. The van der Waals surface area contributed by atoms with Gasteiger partial charge in [-0.25, -0.2) is 0 Å². The third-order valence-corrected chi connectivity index (χ3v) is 2.34. The first-order chi connectivity index (χ1) is 4.87. The van der Waals surface area contributed by atoms with Gasteiger partial charge >= 0.3 is 0 Å². The third-order valence-electron chi connectivity index (χ3n) is 2.34. The first-order valence-electron chi connectivity index (χ1n) is 4.87. The first-order valence-corrected chi connectivity index (χ1v) is 4.87. The molecule has 0 N–H and O–H groups in total. The van der Waals surface area contributed by atoms with Crippen LogP contribution < -0.4 is 0 Å². The molecule has 0 heteroatoms. The smallest absolute Gasteiger partial charge is 0.0380 e. The van der Waals surface area contributed by atoms with Gasteiger partial charge in [-0.1, -0.05) is 48.0 Å². The monoisotopic (exact) mass is 156 g/mol. The predicted molar refractivity (Wildman–Crippen MR) is 52.7 cm³/mol. The molecule has 0 aromatic carbocycles. The van der Waals surface area contributed by atoms with Crippen molar-refractivity contribution < 1.29 is 0 Å². The van der Waals surface area contributed by atoms with Crippen molar-refractivity contribution in [3.63, 3.8) is 0 Å². The molecule has 0 fully saturated rings. The number of rotatable bonds is 3. The van der Waals surface area contributed by atoms with Crippen LogP contribution in [0.15, 0.2) is 0 Å². The van der Waals surface area contributed by atoms with Crippen molar-refractivity contribution in [2.45, 2.75) is 54.4 Å². The van der Waals surface area contributed by atoms with E-state index in [2.05, 4.69) is 41.5 Å². The van der Waals surface area contributed by atoms with Crippen LogP contribution in [0.25, 0.3) is 0 Å². The molecule has 0 aromatic heterocycles. The zero-order chi connectivity index (χ0) is 9.07. The van der Waals surface area contributed by atoms with E-state index in [1.807, 2.05) is 0 Å². The van der Waals surface area contributed by atoms with Crippen LogP contribution in [0.2, 0.25) is 0 Å². The molecule has 68 valence electrons. The minimum Gasteiger partial charge on any atom is -0.0651 e. The summed E-state index contributed by atoms with van der Waals surface area (Å²) in [7, 11) is 0. The van der Waals surface area contributed by atoms with Gasteiger partial charge in [0.2, 0.25) is 0 Å². The fourth-order valence-corrected chi connectivity index (χ4v) is 1.64. The second kappa shape index (κ2) is 4.13. The molecule has 0 aliphatic carbocycles. The molecule has 0 radical (unpaired) electrons. The van der Waals surface area contributed by atoms with E-state index in [1.165, 1.54) is 12.8 Å². The summed E-state index contributed by atoms with van der Waals surface area (Å²) in [6.45, 7) is 14.0. The molecule has 0 aliphatic heterocycles. The normalized spacial score (nSPS) is 15.5. The molecule has 1 unspecified atom stereocenters. The molecule has 0 bridgehead atoms. The molecule has 0 amide bonds. The minimum absolute atomic E-state index is 0.505. The van der Waals surface area contributed by atoms with Crippen molar-refractivity contribution >= 4 is 0 Å². The fourth-order valence-electron chi connectivity index (χ4n) is 1.64. The predicted octanol–water partition coefficient (Wildman–Crippen LogP) is 4.10. The van der Waals surface area contributed by atoms with Crippen LogP contribution in [-0.4, -0.2) is 0 Å². The minimum atomic E-state index is 0.505. The summed E-state index contributed by atoms with van der Waals surface area (Å²) in [5, 5.41) is 0. The molecular weight excluding hydrogens is 132 g/mol. The van der Waals surface area contributed by atoms with Gasteiger partial charge in [0.25, 0.3) is 0 Å². The van der Waals surface area contributed by atoms with E-state index in [0.717, 1.165) is 11.8 Å². The first kappa shape index (κ1) is 11.0. The maximum absolute atomic E-state index is 2.33. The Kier molecular flexibility index (Phi) is 4.13. The Morgan fingerprint density at radius 2 is 1.55 bits per heavy atom. The highest BCUT2D eigenvalue weighted by Gasteiger charge is 2.19. The summed E-state index contributed by atoms with van der Waals surface area (Å²) in [5.74, 6) is 1.76. The van der Waals surface area contributed by atoms with Gasteiger partial charge in [0.15, 0.2) is 0 Å². The molecule has 0 heterocycles. The van der Waals surface area contributed by atoms with Crippen LogP contribution in [-0.2, 0) is 0 Å². The lowest BCUT2D eigenvalue weighted by molar-refractivity contribution is 0.237. The third kappa shape index (κ3) is 5.29. The lowest BCUT2D eigenvalue weighted by atomic mass is 9.78. The van der Waals surface area contributed by atoms with Gasteiger partial charge in [0.05, 0.1) is 0 Å². The topological polar surface area (TPSA) is 0 Å². The van der Waals surface area contributed by atoms with Crippen LogP contribution in [0, 0.1) is 17.3 Å². The molecule has 0 aromatic rings. The van der Waals surface area contributed by atoms with E-state index in [-0.39, 0.29) is 0 Å². The average molecular weight is 156 g/mol. The standard InChI is InChI=1S/C11H24/c1-7-10(9(2)3)8-11(4,5)6/h9-10H,7-8H2,1-6H3. The Balaban J connectivity index is 3.88. The van der Waals surface area contributed by atoms with Gasteiger partial charge in [-0.15, -0.1) is 0 Å². The summed E-state index contributed by atoms with van der Waals surface area (Å²) in [4.78, 5) is 0. The van der Waals surface area contributed by atoms with Crippen molar-refractivity contribution in [1.82, 2.24) is 0 Å². The maximum Gasteiger partial charge on any atom is -0.0380 e. The van der Waals surface area contributed by atoms with Crippen LogP contribution in [0.4, 0.5) is 0 Å². The largest absolute Gasteiger partial charge is 0.0651 e. The van der Waals surface area contributed by atoms with Gasteiger partial charge in [-0.05, 0) is 23.7 Å². The lowest BCUT2D eigenvalue weighted by Gasteiger charge is -2.27. The Morgan fingerprint density at radius 1 is 1.09 bits per heavy atom. The van der Waals surface area contributed by atoms with E-state index in [0.29, 0.717) is 5.41 Å². The van der Waals surface area contributed by atoms with E-state index >= 15 is 0 Å². The Labute approximate surface area is 72.4 Å². The molecule has 11 heavy (non-hydrogen) atoms. The molecule has 1 atom stereocenters. The summed E-state index contributed by atoms with van der Waals surface area (Å²) in [5.41, 5.74) is 0.505. The van der Waals surface area contributed by atoms with E-state index in [4.69, 9.17) is 0 Å². The zero-order valence-electron chi connectivity index (χ0n) is 9.07. The van der Waals surface area contributed by atoms with Crippen molar-refractivity contribution in [3.05, 3.63) is 0 Å². The van der Waals surface area contributed by atoms with E-state index in [1.54, 1.807) is 0 Å². The maximum atomic E-state index is 2.33. The molecular formula is C11H24. The van der Waals surface area contributed by atoms with Crippen molar-refractivity contribution in [2.24, 2.45) is 17.3 Å². The van der Waals surface area contributed by atoms with Crippen molar-refractivity contribution in [3.8, 4) is 0 Å². The van der Waals surface area contributed by atoms with E-state index in [9.17, 15) is 0 Å². The second-order valence-electron chi connectivity index (χ2n) is 5.18. The number of hydrogen-bond acceptors (Lipinski definition) is 0. The van der Waals surface area contributed by atoms with Gasteiger partial charge in [-0.3, -0.25) is 0 Å². The van der Waals surface area contributed by atoms with Crippen LogP contribution in [0.1, 0.15) is 54.4 Å².